The molecule has 5 heterocycles. The average molecular weight is 780 g/mol. The summed E-state index contributed by atoms with van der Waals surface area (Å²) in [6, 6.07) is 35.7. The topological polar surface area (TPSA) is 68.5 Å². The van der Waals surface area contributed by atoms with Crippen molar-refractivity contribution in [3.05, 3.63) is 141 Å². The van der Waals surface area contributed by atoms with Crippen molar-refractivity contribution >= 4 is 44.3 Å². The van der Waals surface area contributed by atoms with Gasteiger partial charge in [0.25, 0.3) is 0 Å². The number of rotatable bonds is 9. The van der Waals surface area contributed by atoms with Crippen LogP contribution in [-0.2, 0) is 12.1 Å². The predicted molar refractivity (Wildman–Crippen MR) is 204 cm³/mol. The van der Waals surface area contributed by atoms with E-state index < -0.39 is 11.7 Å². The van der Waals surface area contributed by atoms with Crippen LogP contribution in [0.3, 0.4) is 0 Å². The molecule has 2 atom stereocenters. The van der Waals surface area contributed by atoms with E-state index >= 15 is 0 Å². The van der Waals surface area contributed by atoms with E-state index in [1.165, 1.54) is 0 Å². The Morgan fingerprint density at radius 1 is 0.923 bits per heavy atom. The molecule has 6 aromatic rings. The zero-order chi connectivity index (χ0) is 35.3. The molecular weight excluding hydrogens is 743 g/mol. The summed E-state index contributed by atoms with van der Waals surface area (Å²) in [5.41, 5.74) is 3.74. The van der Waals surface area contributed by atoms with E-state index in [0.29, 0.717) is 65.8 Å². The Morgan fingerprint density at radius 2 is 1.60 bits per heavy atom. The van der Waals surface area contributed by atoms with Crippen LogP contribution < -0.4 is 14.4 Å². The molecule has 3 aliphatic heterocycles. The van der Waals surface area contributed by atoms with Gasteiger partial charge in [0.1, 0.15) is 30.7 Å². The van der Waals surface area contributed by atoms with E-state index in [1.54, 1.807) is 0 Å². The van der Waals surface area contributed by atoms with Crippen LogP contribution in [0.15, 0.2) is 114 Å². The normalized spacial score (nSPS) is 20.1. The first kappa shape index (κ1) is 33.3. The van der Waals surface area contributed by atoms with Crippen molar-refractivity contribution in [2.75, 3.05) is 37.7 Å². The maximum absolute atomic E-state index is 14.6. The molecule has 264 valence electrons. The van der Waals surface area contributed by atoms with Gasteiger partial charge in [-0.25, -0.2) is 4.39 Å². The fraction of sp³-hybridized carbons (Fsp3) is 0.293. The van der Waals surface area contributed by atoms with Crippen molar-refractivity contribution < 1.29 is 13.9 Å². The summed E-state index contributed by atoms with van der Waals surface area (Å²) in [5.74, 6) is 1.20. The zero-order valence-corrected chi connectivity index (χ0v) is 30.8. The van der Waals surface area contributed by atoms with Crippen LogP contribution in [0.5, 0.6) is 11.8 Å². The largest absolute Gasteiger partial charge is 0.489 e. The SMILES string of the molecule is F[C@H]1CN2CCC[C@@]2(COc2nc3c4c(c(Cl)c(Br)cc4n2)OCCN3Cc2ccn(C(c3ccccc3)(c3ccccc3)c3ccccc3)n2)C1. The molecule has 0 unspecified atom stereocenters. The smallest absolute Gasteiger partial charge is 0.319 e. The molecule has 0 aliphatic carbocycles. The molecule has 0 radical (unpaired) electrons. The monoisotopic (exact) mass is 778 g/mol. The molecule has 0 amide bonds. The number of ether oxygens (including phenoxy) is 2. The minimum atomic E-state index is -0.844. The van der Waals surface area contributed by atoms with Crippen LogP contribution in [0.25, 0.3) is 10.9 Å². The summed E-state index contributed by atoms with van der Waals surface area (Å²) < 4.78 is 30.0. The minimum Gasteiger partial charge on any atom is -0.489 e. The third-order valence-electron chi connectivity index (χ3n) is 10.9. The third-order valence-corrected chi connectivity index (χ3v) is 12.1. The second-order valence-corrected chi connectivity index (χ2v) is 15.2. The van der Waals surface area contributed by atoms with Crippen molar-refractivity contribution in [3.8, 4) is 11.8 Å². The highest BCUT2D eigenvalue weighted by molar-refractivity contribution is 9.10. The summed E-state index contributed by atoms with van der Waals surface area (Å²) in [7, 11) is 0. The Labute approximate surface area is 315 Å². The quantitative estimate of drug-likeness (QED) is 0.137. The molecule has 0 bridgehead atoms. The summed E-state index contributed by atoms with van der Waals surface area (Å²) >= 11 is 10.4. The van der Waals surface area contributed by atoms with Crippen LogP contribution in [-0.4, -0.2) is 69.2 Å². The van der Waals surface area contributed by atoms with Crippen molar-refractivity contribution in [2.45, 2.75) is 43.1 Å². The van der Waals surface area contributed by atoms with Gasteiger partial charge in [0.05, 0.1) is 40.2 Å². The molecule has 4 aromatic carbocycles. The van der Waals surface area contributed by atoms with Gasteiger partial charge in [-0.1, -0.05) is 103 Å². The molecule has 52 heavy (non-hydrogen) atoms. The average Bonchev–Trinajstić information content (AvgIpc) is 3.84. The van der Waals surface area contributed by atoms with Gasteiger partial charge >= 0.3 is 6.01 Å². The van der Waals surface area contributed by atoms with E-state index in [9.17, 15) is 4.39 Å². The number of anilines is 1. The summed E-state index contributed by atoms with van der Waals surface area (Å²) in [6.45, 7) is 3.05. The Morgan fingerprint density at radius 3 is 2.27 bits per heavy atom. The van der Waals surface area contributed by atoms with Gasteiger partial charge < -0.3 is 14.4 Å². The van der Waals surface area contributed by atoms with Crippen molar-refractivity contribution in [1.29, 1.82) is 0 Å². The third kappa shape index (κ3) is 5.63. The van der Waals surface area contributed by atoms with Crippen LogP contribution in [0.2, 0.25) is 5.02 Å². The maximum Gasteiger partial charge on any atom is 0.319 e. The molecule has 8 nitrogen and oxygen atoms in total. The lowest BCUT2D eigenvalue weighted by Gasteiger charge is -2.36. The lowest BCUT2D eigenvalue weighted by Crippen LogP contribution is -2.43. The van der Waals surface area contributed by atoms with E-state index in [1.807, 2.05) is 24.3 Å². The van der Waals surface area contributed by atoms with Gasteiger partial charge in [0, 0.05) is 23.6 Å². The van der Waals surface area contributed by atoms with Crippen LogP contribution in [0, 0.1) is 0 Å². The highest BCUT2D eigenvalue weighted by Gasteiger charge is 2.49. The van der Waals surface area contributed by atoms with Crippen LogP contribution in [0.1, 0.15) is 41.6 Å². The Kier molecular flexibility index (Phi) is 8.64. The fourth-order valence-electron chi connectivity index (χ4n) is 8.53. The zero-order valence-electron chi connectivity index (χ0n) is 28.5. The van der Waals surface area contributed by atoms with Crippen LogP contribution >= 0.6 is 27.5 Å². The number of benzene rings is 4. The van der Waals surface area contributed by atoms with Gasteiger partial charge in [-0.2, -0.15) is 15.1 Å². The lowest BCUT2D eigenvalue weighted by molar-refractivity contribution is 0.107. The fourth-order valence-corrected chi connectivity index (χ4v) is 9.13. The van der Waals surface area contributed by atoms with Crippen molar-refractivity contribution in [1.82, 2.24) is 24.6 Å². The second-order valence-electron chi connectivity index (χ2n) is 13.9. The van der Waals surface area contributed by atoms with Gasteiger partial charge in [0.15, 0.2) is 5.75 Å². The number of aromatic nitrogens is 4. The van der Waals surface area contributed by atoms with Gasteiger partial charge in [-0.3, -0.25) is 9.58 Å². The van der Waals surface area contributed by atoms with E-state index in [-0.39, 0.29) is 11.5 Å². The number of alkyl halides is 1. The Balaban J connectivity index is 1.12. The first-order valence-electron chi connectivity index (χ1n) is 17.8. The van der Waals surface area contributed by atoms with Gasteiger partial charge in [-0.15, -0.1) is 0 Å². The molecule has 0 spiro atoms. The maximum atomic E-state index is 14.6. The molecule has 9 rings (SSSR count). The molecule has 2 aromatic heterocycles. The molecule has 2 fully saturated rings. The molecule has 2 saturated heterocycles. The highest BCUT2D eigenvalue weighted by atomic mass is 79.9. The summed E-state index contributed by atoms with van der Waals surface area (Å²) in [6.07, 6.45) is 3.63. The standard InChI is InChI=1S/C41H37BrClFN6O2/c42-33-23-34-35-37(36(33)43)51-22-21-48(38(35)46-39(45-34)52-27-40-18-10-19-49(40)25-31(44)24-40)26-32-17-20-50(47-32)41(28-11-4-1-5-12-28,29-13-6-2-7-14-29)30-15-8-3-9-16-30/h1-9,11-17,20,23,31H,10,18-19,21-22,24-27H2/t31-,40+/m1/s1. The van der Waals surface area contributed by atoms with Crippen molar-refractivity contribution in [3.63, 3.8) is 0 Å². The van der Waals surface area contributed by atoms with Crippen LogP contribution in [0.4, 0.5) is 10.2 Å². The van der Waals surface area contributed by atoms with E-state index in [4.69, 9.17) is 36.1 Å². The number of hydrogen-bond acceptors (Lipinski definition) is 7. The Hall–Kier alpha value is -4.51. The predicted octanol–water partition coefficient (Wildman–Crippen LogP) is 8.44. The number of fused-ring (bicyclic) bond motifs is 1. The van der Waals surface area contributed by atoms with Gasteiger partial charge in [-0.05, 0) is 64.1 Å². The molecule has 3 aliphatic rings. The minimum absolute atomic E-state index is 0.250. The first-order chi connectivity index (χ1) is 25.4. The number of nitrogens with zero attached hydrogens (tertiary/aromatic N) is 6. The van der Waals surface area contributed by atoms with E-state index in [0.717, 1.165) is 47.2 Å². The molecular formula is C41H37BrClFN6O2. The summed E-state index contributed by atoms with van der Waals surface area (Å²) in [4.78, 5) is 14.2. The molecule has 0 saturated carbocycles. The van der Waals surface area contributed by atoms with Crippen molar-refractivity contribution in [2.24, 2.45) is 0 Å². The highest BCUT2D eigenvalue weighted by Crippen LogP contribution is 2.46. The number of hydrogen-bond donors (Lipinski definition) is 0. The van der Waals surface area contributed by atoms with E-state index in [2.05, 4.69) is 115 Å². The molecule has 11 heteroatoms. The second kappa shape index (κ2) is 13.5. The lowest BCUT2D eigenvalue weighted by atomic mass is 9.77. The first-order valence-corrected chi connectivity index (χ1v) is 18.9. The molecule has 0 N–H and O–H groups in total. The Bertz CT molecular complexity index is 2130. The van der Waals surface area contributed by atoms with Gasteiger partial charge in [0.2, 0.25) is 0 Å². The number of halogens is 3. The summed E-state index contributed by atoms with van der Waals surface area (Å²) in [5, 5.41) is 6.51.